The minimum absolute atomic E-state index is 0.0537. The van der Waals surface area contributed by atoms with Gasteiger partial charge in [-0.1, -0.05) is 36.4 Å². The summed E-state index contributed by atoms with van der Waals surface area (Å²) < 4.78 is 5.54. The molecule has 110 valence electrons. The summed E-state index contributed by atoms with van der Waals surface area (Å²) in [7, 11) is 0. The van der Waals surface area contributed by atoms with E-state index >= 15 is 0 Å². The molecule has 0 saturated heterocycles. The van der Waals surface area contributed by atoms with Gasteiger partial charge in [0.25, 0.3) is 0 Å². The highest BCUT2D eigenvalue weighted by Crippen LogP contribution is 2.39. The summed E-state index contributed by atoms with van der Waals surface area (Å²) in [5, 5.41) is 10.2. The lowest BCUT2D eigenvalue weighted by molar-refractivity contribution is 0.0664. The molecular formula is C19H16O3. The zero-order chi connectivity index (χ0) is 15.3. The van der Waals surface area contributed by atoms with Crippen LogP contribution in [-0.2, 0) is 12.8 Å². The molecule has 0 fully saturated rings. The minimum Gasteiger partial charge on any atom is -0.475 e. The van der Waals surface area contributed by atoms with Crippen molar-refractivity contribution in [3.8, 4) is 0 Å². The van der Waals surface area contributed by atoms with E-state index in [4.69, 9.17) is 4.42 Å². The van der Waals surface area contributed by atoms with Crippen molar-refractivity contribution in [1.82, 2.24) is 0 Å². The number of aryl methyl sites for hydroxylation is 1. The highest BCUT2D eigenvalue weighted by atomic mass is 16.4. The molecule has 1 N–H and O–H groups in total. The summed E-state index contributed by atoms with van der Waals surface area (Å²) in [5.74, 6) is -0.564. The first-order valence-electron chi connectivity index (χ1n) is 7.47. The molecule has 0 unspecified atom stereocenters. The van der Waals surface area contributed by atoms with Crippen molar-refractivity contribution in [3.63, 3.8) is 0 Å². The van der Waals surface area contributed by atoms with E-state index in [0.717, 1.165) is 23.8 Å². The Hall–Kier alpha value is -2.55. The summed E-state index contributed by atoms with van der Waals surface area (Å²) in [6, 6.07) is 14.4. The molecule has 0 bridgehead atoms. The second kappa shape index (κ2) is 4.73. The molecule has 22 heavy (non-hydrogen) atoms. The van der Waals surface area contributed by atoms with Gasteiger partial charge in [-0.2, -0.15) is 0 Å². The van der Waals surface area contributed by atoms with Crippen molar-refractivity contribution in [2.24, 2.45) is 0 Å². The van der Waals surface area contributed by atoms with Crippen molar-refractivity contribution in [3.05, 3.63) is 70.5 Å². The molecule has 1 aliphatic carbocycles. The van der Waals surface area contributed by atoms with E-state index in [2.05, 4.69) is 30.3 Å². The topological polar surface area (TPSA) is 50.4 Å². The molecule has 1 aliphatic rings. The predicted molar refractivity (Wildman–Crippen MR) is 84.5 cm³/mol. The van der Waals surface area contributed by atoms with Crippen LogP contribution in [0.2, 0.25) is 0 Å². The van der Waals surface area contributed by atoms with Gasteiger partial charge in [-0.05, 0) is 48.4 Å². The number of fused-ring (bicyclic) bond motifs is 2. The number of carbonyl (C=O) groups is 1. The van der Waals surface area contributed by atoms with Gasteiger partial charge < -0.3 is 9.52 Å². The average molecular weight is 292 g/mol. The molecule has 1 aromatic heterocycles. The zero-order valence-corrected chi connectivity index (χ0v) is 12.3. The van der Waals surface area contributed by atoms with Crippen LogP contribution in [0.4, 0.5) is 0 Å². The first kappa shape index (κ1) is 13.1. The molecule has 0 amide bonds. The molecule has 3 heteroatoms. The maximum Gasteiger partial charge on any atom is 0.372 e. The molecule has 0 spiro atoms. The SMILES string of the molecule is Cc1c(C(=O)O)oc2cccc(C3Cc4ccccc4C3)c12. The predicted octanol–water partition coefficient (Wildman–Crippen LogP) is 4.32. The van der Waals surface area contributed by atoms with E-state index < -0.39 is 5.97 Å². The Morgan fingerprint density at radius 3 is 2.41 bits per heavy atom. The Labute approximate surface area is 128 Å². The maximum atomic E-state index is 11.3. The van der Waals surface area contributed by atoms with Gasteiger partial charge in [0.15, 0.2) is 0 Å². The number of aromatic carboxylic acids is 1. The molecule has 2 aromatic carbocycles. The van der Waals surface area contributed by atoms with Gasteiger partial charge in [0.2, 0.25) is 5.76 Å². The van der Waals surface area contributed by atoms with Gasteiger partial charge >= 0.3 is 5.97 Å². The lowest BCUT2D eigenvalue weighted by atomic mass is 9.91. The monoisotopic (exact) mass is 292 g/mol. The Bertz CT molecular complexity index is 864. The number of hydrogen-bond donors (Lipinski definition) is 1. The van der Waals surface area contributed by atoms with Gasteiger partial charge in [0, 0.05) is 10.9 Å². The summed E-state index contributed by atoms with van der Waals surface area (Å²) >= 11 is 0. The van der Waals surface area contributed by atoms with E-state index in [1.54, 1.807) is 0 Å². The average Bonchev–Trinajstić information content (AvgIpc) is 3.08. The van der Waals surface area contributed by atoms with Gasteiger partial charge in [-0.25, -0.2) is 4.79 Å². The van der Waals surface area contributed by atoms with Crippen LogP contribution in [0.3, 0.4) is 0 Å². The Morgan fingerprint density at radius 1 is 1.09 bits per heavy atom. The Morgan fingerprint density at radius 2 is 1.77 bits per heavy atom. The molecule has 0 radical (unpaired) electrons. The van der Waals surface area contributed by atoms with Crippen LogP contribution < -0.4 is 0 Å². The lowest BCUT2D eigenvalue weighted by Gasteiger charge is -2.11. The van der Waals surface area contributed by atoms with Crippen molar-refractivity contribution >= 4 is 16.9 Å². The quantitative estimate of drug-likeness (QED) is 0.765. The largest absolute Gasteiger partial charge is 0.475 e. The third kappa shape index (κ3) is 1.86. The zero-order valence-electron chi connectivity index (χ0n) is 12.3. The normalized spacial score (nSPS) is 14.4. The smallest absolute Gasteiger partial charge is 0.372 e. The van der Waals surface area contributed by atoms with E-state index in [0.29, 0.717) is 11.5 Å². The summed E-state index contributed by atoms with van der Waals surface area (Å²) in [6.45, 7) is 1.83. The molecular weight excluding hydrogens is 276 g/mol. The third-order valence-electron chi connectivity index (χ3n) is 4.67. The number of rotatable bonds is 2. The highest BCUT2D eigenvalue weighted by Gasteiger charge is 2.27. The fourth-order valence-corrected chi connectivity index (χ4v) is 3.66. The summed E-state index contributed by atoms with van der Waals surface area (Å²) in [6.07, 6.45) is 2.00. The van der Waals surface area contributed by atoms with Crippen LogP contribution in [0.1, 0.15) is 38.7 Å². The molecule has 0 aliphatic heterocycles. The maximum absolute atomic E-state index is 11.3. The second-order valence-corrected chi connectivity index (χ2v) is 5.96. The summed E-state index contributed by atoms with van der Waals surface area (Å²) in [5.41, 5.74) is 5.38. The first-order valence-corrected chi connectivity index (χ1v) is 7.47. The number of furan rings is 1. The first-order chi connectivity index (χ1) is 10.6. The van der Waals surface area contributed by atoms with Crippen LogP contribution >= 0.6 is 0 Å². The van der Waals surface area contributed by atoms with Crippen LogP contribution in [0.15, 0.2) is 46.9 Å². The van der Waals surface area contributed by atoms with Crippen LogP contribution in [-0.4, -0.2) is 11.1 Å². The van der Waals surface area contributed by atoms with E-state index in [1.165, 1.54) is 16.7 Å². The number of carboxylic acids is 1. The van der Waals surface area contributed by atoms with Crippen molar-refractivity contribution < 1.29 is 14.3 Å². The van der Waals surface area contributed by atoms with Crippen LogP contribution in [0.25, 0.3) is 11.0 Å². The van der Waals surface area contributed by atoms with E-state index in [-0.39, 0.29) is 5.76 Å². The van der Waals surface area contributed by atoms with E-state index in [9.17, 15) is 9.90 Å². The number of carboxylic acid groups (broad SMARTS) is 1. The molecule has 4 rings (SSSR count). The Balaban J connectivity index is 1.85. The van der Waals surface area contributed by atoms with Crippen molar-refractivity contribution in [2.75, 3.05) is 0 Å². The van der Waals surface area contributed by atoms with Gasteiger partial charge in [-0.15, -0.1) is 0 Å². The number of hydrogen-bond acceptors (Lipinski definition) is 2. The molecule has 0 atom stereocenters. The van der Waals surface area contributed by atoms with Gasteiger partial charge in [0.1, 0.15) is 5.58 Å². The lowest BCUT2D eigenvalue weighted by Crippen LogP contribution is -2.00. The van der Waals surface area contributed by atoms with Crippen molar-refractivity contribution in [2.45, 2.75) is 25.7 Å². The molecule has 3 nitrogen and oxygen atoms in total. The highest BCUT2D eigenvalue weighted by molar-refractivity contribution is 5.96. The number of benzene rings is 2. The standard InChI is InChI=1S/C19H16O3/c1-11-17-15(7-4-8-16(17)22-18(11)19(20)21)14-9-12-5-2-3-6-13(12)10-14/h2-8,14H,9-10H2,1H3,(H,20,21). The summed E-state index contributed by atoms with van der Waals surface area (Å²) in [4.78, 5) is 11.3. The Kier molecular flexibility index (Phi) is 2.83. The fourth-order valence-electron chi connectivity index (χ4n) is 3.66. The third-order valence-corrected chi connectivity index (χ3v) is 4.67. The molecule has 0 saturated carbocycles. The van der Waals surface area contributed by atoms with Crippen LogP contribution in [0, 0.1) is 6.92 Å². The van der Waals surface area contributed by atoms with Crippen molar-refractivity contribution in [1.29, 1.82) is 0 Å². The molecule has 1 heterocycles. The van der Waals surface area contributed by atoms with Gasteiger partial charge in [0.05, 0.1) is 0 Å². The second-order valence-electron chi connectivity index (χ2n) is 5.96. The van der Waals surface area contributed by atoms with Gasteiger partial charge in [-0.3, -0.25) is 0 Å². The fraction of sp³-hybridized carbons (Fsp3) is 0.211. The minimum atomic E-state index is -1.01. The molecule has 3 aromatic rings. The van der Waals surface area contributed by atoms with E-state index in [1.807, 2.05) is 19.1 Å². The van der Waals surface area contributed by atoms with Crippen LogP contribution in [0.5, 0.6) is 0 Å².